The summed E-state index contributed by atoms with van der Waals surface area (Å²) < 4.78 is 29.4. The molecule has 0 aliphatic heterocycles. The maximum Gasteiger partial charge on any atom is 0.264 e. The topological polar surface area (TPSA) is 86.8 Å². The Bertz CT molecular complexity index is 1680. The summed E-state index contributed by atoms with van der Waals surface area (Å²) in [7, 11) is -2.67. The van der Waals surface area contributed by atoms with Crippen LogP contribution >= 0.6 is 11.6 Å². The van der Waals surface area contributed by atoms with E-state index in [2.05, 4.69) is 5.32 Å². The fourth-order valence-corrected chi connectivity index (χ4v) is 6.47. The SMILES string of the molecule is CNC(=O)C(Cc1ccccc1)N(Cc1ccc(C)cc1)C(=O)CN(c1cccc(Cl)c1C)S(=O)(=O)c1ccc(C)cc1. The van der Waals surface area contributed by atoms with E-state index in [1.165, 1.54) is 24.1 Å². The molecule has 224 valence electrons. The zero-order valence-electron chi connectivity index (χ0n) is 24.7. The largest absolute Gasteiger partial charge is 0.357 e. The standard InChI is InChI=1S/C34H36ClN3O4S/c1-24-13-17-28(18-14-24)22-37(32(34(40)36-4)21-27-9-6-5-7-10-27)33(39)23-38(31-12-8-11-30(35)26(31)3)43(41,42)29-19-15-25(2)16-20-29/h5-20,32H,21-23H2,1-4H3,(H,36,40). The van der Waals surface area contributed by atoms with E-state index < -0.39 is 28.5 Å². The van der Waals surface area contributed by atoms with Gasteiger partial charge in [-0.1, -0.05) is 95.5 Å². The molecule has 0 saturated carbocycles. The summed E-state index contributed by atoms with van der Waals surface area (Å²) in [5.74, 6) is -0.878. The number of anilines is 1. The fourth-order valence-electron chi connectivity index (χ4n) is 4.83. The van der Waals surface area contributed by atoms with E-state index in [1.807, 2.05) is 68.4 Å². The first-order chi connectivity index (χ1) is 20.5. The zero-order chi connectivity index (χ0) is 31.1. The fraction of sp³-hybridized carbons (Fsp3) is 0.235. The summed E-state index contributed by atoms with van der Waals surface area (Å²) >= 11 is 6.43. The number of sulfonamides is 1. The number of rotatable bonds is 11. The van der Waals surface area contributed by atoms with Crippen molar-refractivity contribution in [1.29, 1.82) is 0 Å². The van der Waals surface area contributed by atoms with Gasteiger partial charge in [0, 0.05) is 25.0 Å². The lowest BCUT2D eigenvalue weighted by Crippen LogP contribution is -2.53. The van der Waals surface area contributed by atoms with Crippen molar-refractivity contribution in [3.8, 4) is 0 Å². The van der Waals surface area contributed by atoms with Crippen LogP contribution < -0.4 is 9.62 Å². The van der Waals surface area contributed by atoms with Crippen molar-refractivity contribution in [2.45, 2.75) is 44.7 Å². The van der Waals surface area contributed by atoms with Gasteiger partial charge in [0.2, 0.25) is 11.8 Å². The third kappa shape index (κ3) is 7.63. The Morgan fingerprint density at radius 2 is 1.40 bits per heavy atom. The van der Waals surface area contributed by atoms with Crippen molar-refractivity contribution in [3.05, 3.63) is 130 Å². The molecule has 1 N–H and O–H groups in total. The van der Waals surface area contributed by atoms with Crippen LogP contribution in [0.3, 0.4) is 0 Å². The van der Waals surface area contributed by atoms with Gasteiger partial charge in [0.15, 0.2) is 0 Å². The van der Waals surface area contributed by atoms with Gasteiger partial charge in [-0.05, 0) is 61.7 Å². The lowest BCUT2D eigenvalue weighted by atomic mass is 10.0. The summed E-state index contributed by atoms with van der Waals surface area (Å²) in [5.41, 5.74) is 4.45. The highest BCUT2D eigenvalue weighted by molar-refractivity contribution is 7.92. The molecule has 0 spiro atoms. The van der Waals surface area contributed by atoms with Crippen molar-refractivity contribution in [3.63, 3.8) is 0 Å². The lowest BCUT2D eigenvalue weighted by Gasteiger charge is -2.34. The molecule has 4 rings (SSSR count). The number of benzene rings is 4. The van der Waals surface area contributed by atoms with Crippen LogP contribution in [0.5, 0.6) is 0 Å². The van der Waals surface area contributed by atoms with Crippen molar-refractivity contribution in [2.75, 3.05) is 17.9 Å². The second-order valence-electron chi connectivity index (χ2n) is 10.5. The molecule has 9 heteroatoms. The Labute approximate surface area is 259 Å². The predicted molar refractivity (Wildman–Crippen MR) is 172 cm³/mol. The van der Waals surface area contributed by atoms with E-state index in [-0.39, 0.29) is 29.5 Å². The van der Waals surface area contributed by atoms with Crippen molar-refractivity contribution in [1.82, 2.24) is 10.2 Å². The first kappa shape index (κ1) is 31.8. The van der Waals surface area contributed by atoms with Crippen LogP contribution in [0.2, 0.25) is 5.02 Å². The van der Waals surface area contributed by atoms with Crippen molar-refractivity contribution in [2.24, 2.45) is 0 Å². The zero-order valence-corrected chi connectivity index (χ0v) is 26.3. The Kier molecular flexibility index (Phi) is 10.3. The Morgan fingerprint density at radius 3 is 2.00 bits per heavy atom. The molecule has 0 bridgehead atoms. The minimum absolute atomic E-state index is 0.0440. The second-order valence-corrected chi connectivity index (χ2v) is 12.8. The molecule has 7 nitrogen and oxygen atoms in total. The average molecular weight is 618 g/mol. The van der Waals surface area contributed by atoms with E-state index >= 15 is 0 Å². The molecule has 0 radical (unpaired) electrons. The van der Waals surface area contributed by atoms with E-state index in [9.17, 15) is 18.0 Å². The van der Waals surface area contributed by atoms with E-state index in [1.54, 1.807) is 37.3 Å². The van der Waals surface area contributed by atoms with E-state index in [4.69, 9.17) is 11.6 Å². The molecule has 1 atom stereocenters. The quantitative estimate of drug-likeness (QED) is 0.229. The van der Waals surface area contributed by atoms with Gasteiger partial charge in [-0.3, -0.25) is 13.9 Å². The number of carbonyl (C=O) groups is 2. The monoisotopic (exact) mass is 617 g/mol. The molecule has 4 aromatic rings. The Hall–Kier alpha value is -4.14. The highest BCUT2D eigenvalue weighted by Crippen LogP contribution is 2.31. The molecule has 0 aromatic heterocycles. The molecular formula is C34H36ClN3O4S. The van der Waals surface area contributed by atoms with Crippen LogP contribution in [-0.2, 0) is 32.6 Å². The number of hydrogen-bond donors (Lipinski definition) is 1. The first-order valence-corrected chi connectivity index (χ1v) is 15.8. The molecule has 0 saturated heterocycles. The summed E-state index contributed by atoms with van der Waals surface area (Å²) in [5, 5.41) is 3.07. The van der Waals surface area contributed by atoms with Crippen molar-refractivity contribution < 1.29 is 18.0 Å². The number of nitrogens with one attached hydrogen (secondary N) is 1. The summed E-state index contributed by atoms with van der Waals surface area (Å²) in [6.07, 6.45) is 0.249. The van der Waals surface area contributed by atoms with Crippen molar-refractivity contribution >= 4 is 39.1 Å². The maximum atomic E-state index is 14.4. The van der Waals surface area contributed by atoms with E-state index in [0.29, 0.717) is 10.6 Å². The molecular weight excluding hydrogens is 582 g/mol. The normalized spacial score (nSPS) is 11.9. The van der Waals surface area contributed by atoms with Gasteiger partial charge < -0.3 is 10.2 Å². The lowest BCUT2D eigenvalue weighted by molar-refractivity contribution is -0.139. The summed E-state index contributed by atoms with van der Waals surface area (Å²) in [6, 6.07) is 27.6. The van der Waals surface area contributed by atoms with E-state index in [0.717, 1.165) is 26.6 Å². The minimum atomic E-state index is -4.20. The third-order valence-electron chi connectivity index (χ3n) is 7.39. The number of nitrogens with zero attached hydrogens (tertiary/aromatic N) is 2. The summed E-state index contributed by atoms with van der Waals surface area (Å²) in [4.78, 5) is 29.3. The van der Waals surface area contributed by atoms with Crippen LogP contribution in [0.15, 0.2) is 102 Å². The predicted octanol–water partition coefficient (Wildman–Crippen LogP) is 5.85. The number of carbonyl (C=O) groups excluding carboxylic acids is 2. The van der Waals surface area contributed by atoms with Gasteiger partial charge in [-0.2, -0.15) is 0 Å². The number of aryl methyl sites for hydroxylation is 2. The molecule has 4 aromatic carbocycles. The number of likely N-dealkylation sites (N-methyl/N-ethyl adjacent to an activating group) is 1. The Balaban J connectivity index is 1.81. The number of halogens is 1. The van der Waals surface area contributed by atoms with Crippen LogP contribution in [0, 0.1) is 20.8 Å². The van der Waals surface area contributed by atoms with Gasteiger partial charge in [-0.25, -0.2) is 8.42 Å². The minimum Gasteiger partial charge on any atom is -0.357 e. The van der Waals surface area contributed by atoms with Crippen LogP contribution in [-0.4, -0.2) is 44.8 Å². The van der Waals surface area contributed by atoms with Gasteiger partial charge in [0.1, 0.15) is 12.6 Å². The van der Waals surface area contributed by atoms with Gasteiger partial charge in [0.05, 0.1) is 10.6 Å². The van der Waals surface area contributed by atoms with Gasteiger partial charge in [0.25, 0.3) is 10.0 Å². The Morgan fingerprint density at radius 1 is 0.791 bits per heavy atom. The second kappa shape index (κ2) is 13.9. The van der Waals surface area contributed by atoms with Crippen LogP contribution in [0.1, 0.15) is 27.8 Å². The number of amides is 2. The smallest absolute Gasteiger partial charge is 0.264 e. The van der Waals surface area contributed by atoms with Crippen LogP contribution in [0.4, 0.5) is 5.69 Å². The molecule has 0 aliphatic carbocycles. The first-order valence-electron chi connectivity index (χ1n) is 14.0. The van der Waals surface area contributed by atoms with Gasteiger partial charge >= 0.3 is 0 Å². The van der Waals surface area contributed by atoms with Gasteiger partial charge in [-0.15, -0.1) is 0 Å². The molecule has 0 fully saturated rings. The molecule has 2 amide bonds. The average Bonchev–Trinajstić information content (AvgIpc) is 3.00. The number of hydrogen-bond acceptors (Lipinski definition) is 4. The maximum absolute atomic E-state index is 14.4. The molecule has 43 heavy (non-hydrogen) atoms. The molecule has 0 aliphatic rings. The molecule has 0 heterocycles. The summed E-state index contributed by atoms with van der Waals surface area (Å²) in [6.45, 7) is 5.12. The highest BCUT2D eigenvalue weighted by Gasteiger charge is 2.35. The highest BCUT2D eigenvalue weighted by atomic mass is 35.5. The molecule has 1 unspecified atom stereocenters. The van der Waals surface area contributed by atoms with Crippen LogP contribution in [0.25, 0.3) is 0 Å². The third-order valence-corrected chi connectivity index (χ3v) is 9.57.